The highest BCUT2D eigenvalue weighted by molar-refractivity contribution is 7.56. The van der Waals surface area contributed by atoms with Crippen LogP contribution < -0.4 is 0 Å². The molecule has 0 aliphatic carbocycles. The fourth-order valence-corrected chi connectivity index (χ4v) is 0. The van der Waals surface area contributed by atoms with Crippen molar-refractivity contribution < 1.29 is 9.46 Å². The zero-order valence-corrected chi connectivity index (χ0v) is 4.20. The molecule has 4 heteroatoms. The van der Waals surface area contributed by atoms with Crippen molar-refractivity contribution in [2.45, 2.75) is 0 Å². The van der Waals surface area contributed by atoms with Crippen molar-refractivity contribution >= 4 is 24.7 Å². The van der Waals surface area contributed by atoms with Crippen molar-refractivity contribution in [1.82, 2.24) is 0 Å². The van der Waals surface area contributed by atoms with Gasteiger partial charge in [-0.05, 0) is 0 Å². The van der Waals surface area contributed by atoms with Gasteiger partial charge in [0.15, 0.2) is 24.7 Å². The molecule has 2 nitrogen and oxygen atoms in total. The normalized spacial score (nSPS) is 9.83. The first-order valence-corrected chi connectivity index (χ1v) is 3.83. The molecule has 1 N–H and O–H groups in total. The molecule has 0 fully saturated rings. The first kappa shape index (κ1) is 9.87. The van der Waals surface area contributed by atoms with E-state index in [2.05, 4.69) is 0 Å². The molecule has 6 heavy (non-hydrogen) atoms. The highest BCUT2D eigenvalue weighted by Crippen LogP contribution is 2.27. The third kappa shape index (κ3) is 125. The van der Waals surface area contributed by atoms with Gasteiger partial charge in [0, 0.05) is 13.3 Å². The Balaban J connectivity index is 0. The standard InChI is InChI=1S/C2H7O2P.Al.3H/c1-5(2,3)4;;;;/h1-2H3,(H,3,4);;;;. The van der Waals surface area contributed by atoms with Crippen LogP contribution in [0.1, 0.15) is 0 Å². The molecule has 0 saturated heterocycles. The molecule has 0 heterocycles. The molecule has 0 aromatic heterocycles. The van der Waals surface area contributed by atoms with Crippen molar-refractivity contribution in [3.63, 3.8) is 0 Å². The van der Waals surface area contributed by atoms with Crippen LogP contribution in [0.2, 0.25) is 0 Å². The minimum Gasteiger partial charge on any atom is -0.345 e. The van der Waals surface area contributed by atoms with Crippen LogP contribution >= 0.6 is 7.37 Å². The fraction of sp³-hybridized carbons (Fsp3) is 1.00. The Morgan fingerprint density at radius 2 is 1.50 bits per heavy atom. The summed E-state index contributed by atoms with van der Waals surface area (Å²) in [5.74, 6) is 0. The van der Waals surface area contributed by atoms with Crippen LogP contribution in [0.4, 0.5) is 0 Å². The topological polar surface area (TPSA) is 37.3 Å². The molecule has 0 spiro atoms. The van der Waals surface area contributed by atoms with Gasteiger partial charge in [0.2, 0.25) is 0 Å². The van der Waals surface area contributed by atoms with Gasteiger partial charge >= 0.3 is 0 Å². The van der Waals surface area contributed by atoms with Crippen LogP contribution in [-0.4, -0.2) is 35.6 Å². The summed E-state index contributed by atoms with van der Waals surface area (Å²) in [6.45, 7) is 2.60. The smallest absolute Gasteiger partial charge is 0.194 e. The van der Waals surface area contributed by atoms with Gasteiger partial charge in [0.25, 0.3) is 0 Å². The lowest BCUT2D eigenvalue weighted by Crippen LogP contribution is -1.62. The van der Waals surface area contributed by atoms with E-state index in [-0.39, 0.29) is 17.4 Å². The number of hydrogen-bond acceptors (Lipinski definition) is 1. The van der Waals surface area contributed by atoms with Crippen molar-refractivity contribution in [2.75, 3.05) is 13.3 Å². The first-order chi connectivity index (χ1) is 2.00. The predicted molar refractivity (Wildman–Crippen MR) is 31.6 cm³/mol. The van der Waals surface area contributed by atoms with Crippen LogP contribution in [0.3, 0.4) is 0 Å². The van der Waals surface area contributed by atoms with Crippen molar-refractivity contribution in [3.8, 4) is 0 Å². The summed E-state index contributed by atoms with van der Waals surface area (Å²) in [4.78, 5) is 8.08. The minimum absolute atomic E-state index is 0. The van der Waals surface area contributed by atoms with Crippen LogP contribution in [0.15, 0.2) is 0 Å². The lowest BCUT2D eigenvalue weighted by Gasteiger charge is -1.86. The highest BCUT2D eigenvalue weighted by Gasteiger charge is 1.92. The van der Waals surface area contributed by atoms with Gasteiger partial charge in [-0.15, -0.1) is 0 Å². The first-order valence-electron chi connectivity index (χ1n) is 1.28. The third-order valence-electron chi connectivity index (χ3n) is 0. The van der Waals surface area contributed by atoms with Crippen LogP contribution in [-0.2, 0) is 4.57 Å². The minimum atomic E-state index is -2.64. The van der Waals surface area contributed by atoms with Crippen molar-refractivity contribution in [1.29, 1.82) is 0 Å². The van der Waals surface area contributed by atoms with Crippen LogP contribution in [0.5, 0.6) is 0 Å². The molecule has 0 aromatic carbocycles. The average Bonchev–Trinajstić information content (AvgIpc) is 0.722. The second kappa shape index (κ2) is 2.82. The zero-order valence-electron chi connectivity index (χ0n) is 3.30. The third-order valence-corrected chi connectivity index (χ3v) is 0. The molecule has 0 saturated carbocycles. The zero-order chi connectivity index (χ0) is 4.50. The van der Waals surface area contributed by atoms with Gasteiger partial charge in [-0.1, -0.05) is 0 Å². The Bertz CT molecular complexity index is 57.7. The molecular formula is C2H10AlO2P. The summed E-state index contributed by atoms with van der Waals surface area (Å²) in [5, 5.41) is 0. The Labute approximate surface area is 48.1 Å². The molecule has 0 atom stereocenters. The van der Waals surface area contributed by atoms with E-state index in [1.165, 1.54) is 13.3 Å². The summed E-state index contributed by atoms with van der Waals surface area (Å²) in [5.41, 5.74) is 0. The average molecular weight is 124 g/mol. The quantitative estimate of drug-likeness (QED) is 0.343. The van der Waals surface area contributed by atoms with Crippen molar-refractivity contribution in [2.24, 2.45) is 0 Å². The Hall–Kier alpha value is 0.722. The van der Waals surface area contributed by atoms with E-state index < -0.39 is 7.37 Å². The monoisotopic (exact) mass is 124 g/mol. The van der Waals surface area contributed by atoms with E-state index in [4.69, 9.17) is 4.89 Å². The van der Waals surface area contributed by atoms with Gasteiger partial charge in [-0.25, -0.2) is 0 Å². The van der Waals surface area contributed by atoms with E-state index in [1.807, 2.05) is 0 Å². The molecule has 0 rings (SSSR count). The van der Waals surface area contributed by atoms with Gasteiger partial charge in [0.1, 0.15) is 0 Å². The van der Waals surface area contributed by atoms with E-state index >= 15 is 0 Å². The van der Waals surface area contributed by atoms with Gasteiger partial charge in [-0.2, -0.15) is 0 Å². The molecule has 0 unspecified atom stereocenters. The second-order valence-corrected chi connectivity index (χ2v) is 3.88. The lowest BCUT2D eigenvalue weighted by atomic mass is 11.9. The Morgan fingerprint density at radius 1 is 1.50 bits per heavy atom. The maximum absolute atomic E-state index is 9.77. The van der Waals surface area contributed by atoms with Crippen LogP contribution in [0, 0.1) is 0 Å². The summed E-state index contributed by atoms with van der Waals surface area (Å²) >= 11 is 0. The molecule has 0 aliphatic rings. The molecule has 0 bridgehead atoms. The molecule has 38 valence electrons. The number of hydrogen-bond donors (Lipinski definition) is 1. The molecular weight excluding hydrogens is 114 g/mol. The Morgan fingerprint density at radius 3 is 1.50 bits per heavy atom. The summed E-state index contributed by atoms with van der Waals surface area (Å²) in [6.07, 6.45) is 0. The highest BCUT2D eigenvalue weighted by atomic mass is 31.2. The van der Waals surface area contributed by atoms with Crippen LogP contribution in [0.25, 0.3) is 0 Å². The van der Waals surface area contributed by atoms with Gasteiger partial charge in [0.05, 0.1) is 0 Å². The SMILES string of the molecule is CP(C)(=O)O.[AlH3]. The molecule has 0 aliphatic heterocycles. The van der Waals surface area contributed by atoms with Gasteiger partial charge in [-0.3, -0.25) is 4.57 Å². The molecule has 0 aromatic rings. The van der Waals surface area contributed by atoms with Crippen molar-refractivity contribution in [3.05, 3.63) is 0 Å². The fourth-order valence-electron chi connectivity index (χ4n) is 0. The number of rotatable bonds is 0. The van der Waals surface area contributed by atoms with E-state index in [0.29, 0.717) is 0 Å². The maximum atomic E-state index is 9.77. The lowest BCUT2D eigenvalue weighted by molar-refractivity contribution is 0.492. The van der Waals surface area contributed by atoms with E-state index in [9.17, 15) is 4.57 Å². The predicted octanol–water partition coefficient (Wildman–Crippen LogP) is -0.668. The maximum Gasteiger partial charge on any atom is 0.194 e. The summed E-state index contributed by atoms with van der Waals surface area (Å²) in [7, 11) is -2.64. The summed E-state index contributed by atoms with van der Waals surface area (Å²) in [6, 6.07) is 0. The largest absolute Gasteiger partial charge is 0.345 e. The van der Waals surface area contributed by atoms with E-state index in [0.717, 1.165) is 0 Å². The Kier molecular flexibility index (Phi) is 4.65. The molecule has 0 amide bonds. The van der Waals surface area contributed by atoms with Gasteiger partial charge < -0.3 is 4.89 Å². The summed E-state index contributed by atoms with van der Waals surface area (Å²) < 4.78 is 9.77. The second-order valence-electron chi connectivity index (χ2n) is 1.29. The molecule has 0 radical (unpaired) electrons. The van der Waals surface area contributed by atoms with E-state index in [1.54, 1.807) is 0 Å².